The number of carbonyl (C=O) groups is 1. The maximum atomic E-state index is 13.6. The van der Waals surface area contributed by atoms with Gasteiger partial charge >= 0.3 is 5.97 Å². The lowest BCUT2D eigenvalue weighted by atomic mass is 9.94. The quantitative estimate of drug-likeness (QED) is 0.608. The second-order valence-corrected chi connectivity index (χ2v) is 8.70. The van der Waals surface area contributed by atoms with Gasteiger partial charge in [-0.3, -0.25) is 4.90 Å². The molecule has 2 saturated heterocycles. The number of rotatable bonds is 6. The Hall–Kier alpha value is -2.82. The number of anilines is 1. The van der Waals surface area contributed by atoms with Gasteiger partial charge in [0.2, 0.25) is 0 Å². The molecule has 0 unspecified atom stereocenters. The van der Waals surface area contributed by atoms with E-state index >= 15 is 0 Å². The fraction of sp³-hybridized carbons (Fsp3) is 0.417. The van der Waals surface area contributed by atoms with Crippen molar-refractivity contribution in [1.82, 2.24) is 4.90 Å². The van der Waals surface area contributed by atoms with Gasteiger partial charge in [-0.15, -0.1) is 0 Å². The van der Waals surface area contributed by atoms with Crippen LogP contribution in [0.15, 0.2) is 36.4 Å². The second-order valence-electron chi connectivity index (χ2n) is 8.30. The van der Waals surface area contributed by atoms with Crippen LogP contribution < -0.4 is 9.64 Å². The molecule has 0 aromatic heterocycles. The number of esters is 1. The number of benzene rings is 2. The van der Waals surface area contributed by atoms with Crippen molar-refractivity contribution < 1.29 is 18.7 Å². The average molecular weight is 458 g/mol. The molecular formula is C24H25ClFN3O3. The number of hydrogen-bond acceptors (Lipinski definition) is 6. The maximum Gasteiger partial charge on any atom is 0.340 e. The van der Waals surface area contributed by atoms with Crippen LogP contribution in [0.25, 0.3) is 0 Å². The minimum atomic E-state index is -0.517. The van der Waals surface area contributed by atoms with Crippen molar-refractivity contribution in [3.05, 3.63) is 58.4 Å². The molecule has 2 aliphatic heterocycles. The van der Waals surface area contributed by atoms with Gasteiger partial charge in [0, 0.05) is 38.8 Å². The molecule has 8 heteroatoms. The Morgan fingerprint density at radius 2 is 1.97 bits per heavy atom. The van der Waals surface area contributed by atoms with Crippen molar-refractivity contribution in [1.29, 1.82) is 5.26 Å². The number of ether oxygens (including phenoxy) is 2. The topological polar surface area (TPSA) is 65.8 Å². The van der Waals surface area contributed by atoms with Crippen molar-refractivity contribution >= 4 is 23.3 Å². The van der Waals surface area contributed by atoms with E-state index in [0.717, 1.165) is 51.3 Å². The highest BCUT2D eigenvalue weighted by Crippen LogP contribution is 2.30. The summed E-state index contributed by atoms with van der Waals surface area (Å²) in [4.78, 5) is 16.6. The number of halogens is 2. The van der Waals surface area contributed by atoms with Crippen molar-refractivity contribution in [2.45, 2.75) is 18.9 Å². The number of methoxy groups -OCH3 is 1. The number of likely N-dealkylation sites (tertiary alicyclic amines) is 1. The zero-order valence-electron chi connectivity index (χ0n) is 17.9. The zero-order valence-corrected chi connectivity index (χ0v) is 18.6. The number of nitrogens with zero attached hydrogens (tertiary/aromatic N) is 3. The molecule has 0 atom stereocenters. The molecule has 2 aliphatic rings. The van der Waals surface area contributed by atoms with Crippen molar-refractivity contribution in [3.8, 4) is 11.8 Å². The minimum Gasteiger partial charge on any atom is -0.488 e. The van der Waals surface area contributed by atoms with E-state index in [2.05, 4.69) is 9.80 Å². The van der Waals surface area contributed by atoms with Crippen LogP contribution in [0.5, 0.6) is 5.75 Å². The van der Waals surface area contributed by atoms with Gasteiger partial charge in [-0.25, -0.2) is 9.18 Å². The highest BCUT2D eigenvalue weighted by atomic mass is 35.5. The summed E-state index contributed by atoms with van der Waals surface area (Å²) in [6.07, 6.45) is 2.14. The monoisotopic (exact) mass is 457 g/mol. The van der Waals surface area contributed by atoms with Gasteiger partial charge in [0.25, 0.3) is 0 Å². The second kappa shape index (κ2) is 9.76. The van der Waals surface area contributed by atoms with E-state index in [9.17, 15) is 9.18 Å². The number of piperidine rings is 1. The number of nitriles is 1. The van der Waals surface area contributed by atoms with Gasteiger partial charge < -0.3 is 14.4 Å². The molecule has 168 valence electrons. The third-order valence-corrected chi connectivity index (χ3v) is 6.44. The lowest BCUT2D eigenvalue weighted by Gasteiger charge is -2.43. The van der Waals surface area contributed by atoms with E-state index < -0.39 is 11.8 Å². The van der Waals surface area contributed by atoms with Crippen LogP contribution in [0.1, 0.15) is 28.8 Å². The third-order valence-electron chi connectivity index (χ3n) is 6.12. The molecule has 0 saturated carbocycles. The summed E-state index contributed by atoms with van der Waals surface area (Å²) in [7, 11) is 1.31. The third kappa shape index (κ3) is 4.98. The van der Waals surface area contributed by atoms with Gasteiger partial charge in [0.15, 0.2) is 0 Å². The summed E-state index contributed by atoms with van der Waals surface area (Å²) in [5.74, 6) is 0.296. The molecule has 0 aliphatic carbocycles. The first-order valence-corrected chi connectivity index (χ1v) is 11.1. The molecule has 0 radical (unpaired) electrons. The molecular weight excluding hydrogens is 433 g/mol. The summed E-state index contributed by atoms with van der Waals surface area (Å²) < 4.78 is 24.4. The number of hydrogen-bond donors (Lipinski definition) is 0. The van der Waals surface area contributed by atoms with Crippen LogP contribution in [-0.2, 0) is 4.74 Å². The van der Waals surface area contributed by atoms with Crippen LogP contribution in [0.3, 0.4) is 0 Å². The van der Waals surface area contributed by atoms with Gasteiger partial charge in [0.05, 0.1) is 28.9 Å². The first-order valence-electron chi connectivity index (χ1n) is 10.7. The smallest absolute Gasteiger partial charge is 0.340 e. The van der Waals surface area contributed by atoms with Crippen molar-refractivity contribution in [3.63, 3.8) is 0 Å². The lowest BCUT2D eigenvalue weighted by molar-refractivity contribution is 0.00795. The SMILES string of the molecule is COC(=O)c1cc(F)ccc1N1CCC(CN2CC(Oc3ccc(C#N)c(Cl)c3)C2)CC1. The molecule has 2 aromatic carbocycles. The van der Waals surface area contributed by atoms with Crippen LogP contribution in [0, 0.1) is 23.1 Å². The number of carbonyl (C=O) groups excluding carboxylic acids is 1. The Balaban J connectivity index is 1.24. The molecule has 4 rings (SSSR count). The van der Waals surface area contributed by atoms with E-state index in [1.807, 2.05) is 6.07 Å². The van der Waals surface area contributed by atoms with E-state index in [-0.39, 0.29) is 11.7 Å². The highest BCUT2D eigenvalue weighted by Gasteiger charge is 2.32. The summed E-state index contributed by atoms with van der Waals surface area (Å²) in [5.41, 5.74) is 1.45. The largest absolute Gasteiger partial charge is 0.488 e. The van der Waals surface area contributed by atoms with Gasteiger partial charge in [-0.2, -0.15) is 5.26 Å². The van der Waals surface area contributed by atoms with Crippen molar-refractivity contribution in [2.75, 3.05) is 44.7 Å². The van der Waals surface area contributed by atoms with Crippen LogP contribution in [-0.4, -0.2) is 56.8 Å². The zero-order chi connectivity index (χ0) is 22.7. The molecule has 2 aromatic rings. The predicted octanol–water partition coefficient (Wildman–Crippen LogP) is 4.12. The van der Waals surface area contributed by atoms with Gasteiger partial charge in [-0.05, 0) is 49.1 Å². The molecule has 0 spiro atoms. The summed E-state index contributed by atoms with van der Waals surface area (Å²) in [6, 6.07) is 11.5. The Morgan fingerprint density at radius 1 is 1.22 bits per heavy atom. The highest BCUT2D eigenvalue weighted by molar-refractivity contribution is 6.31. The Bertz CT molecular complexity index is 1030. The summed E-state index contributed by atoms with van der Waals surface area (Å²) >= 11 is 6.07. The van der Waals surface area contributed by atoms with E-state index in [0.29, 0.717) is 22.3 Å². The van der Waals surface area contributed by atoms with Crippen molar-refractivity contribution in [2.24, 2.45) is 5.92 Å². The average Bonchev–Trinajstić information content (AvgIpc) is 2.77. The normalized spacial score (nSPS) is 17.5. The summed E-state index contributed by atoms with van der Waals surface area (Å²) in [5, 5.41) is 9.37. The summed E-state index contributed by atoms with van der Waals surface area (Å²) in [6.45, 7) is 4.37. The fourth-order valence-corrected chi connectivity index (χ4v) is 4.59. The lowest BCUT2D eigenvalue weighted by Crippen LogP contribution is -2.55. The maximum absolute atomic E-state index is 13.6. The van der Waals surface area contributed by atoms with Gasteiger partial charge in [0.1, 0.15) is 23.7 Å². The van der Waals surface area contributed by atoms with Crippen LogP contribution in [0.4, 0.5) is 10.1 Å². The van der Waals surface area contributed by atoms with E-state index in [1.165, 1.54) is 19.2 Å². The molecule has 6 nitrogen and oxygen atoms in total. The molecule has 0 bridgehead atoms. The molecule has 2 fully saturated rings. The Labute approximate surface area is 192 Å². The Kier molecular flexibility index (Phi) is 6.83. The van der Waals surface area contributed by atoms with E-state index in [4.69, 9.17) is 26.3 Å². The van der Waals surface area contributed by atoms with E-state index in [1.54, 1.807) is 24.3 Å². The Morgan fingerprint density at radius 3 is 2.62 bits per heavy atom. The molecule has 32 heavy (non-hydrogen) atoms. The fourth-order valence-electron chi connectivity index (χ4n) is 4.38. The first-order chi connectivity index (χ1) is 15.5. The molecule has 2 heterocycles. The predicted molar refractivity (Wildman–Crippen MR) is 120 cm³/mol. The minimum absolute atomic E-state index is 0.126. The van der Waals surface area contributed by atoms with Gasteiger partial charge in [-0.1, -0.05) is 11.6 Å². The molecule has 0 amide bonds. The standard InChI is InChI=1S/C24H25ClFN3O3/c1-31-24(30)21-10-18(26)3-5-23(21)29-8-6-16(7-9-29)13-28-14-20(15-28)32-19-4-2-17(12-27)22(25)11-19/h2-5,10-11,16,20H,6-9,13-15H2,1H3. The van der Waals surface area contributed by atoms with Crippen LogP contribution >= 0.6 is 11.6 Å². The van der Waals surface area contributed by atoms with Crippen LogP contribution in [0.2, 0.25) is 5.02 Å². The first kappa shape index (κ1) is 22.4. The molecule has 0 N–H and O–H groups in total.